The third-order valence-corrected chi connectivity index (χ3v) is 9.97. The molecule has 2 rings (SSSR count). The van der Waals surface area contributed by atoms with Gasteiger partial charge < -0.3 is 19.5 Å². The molecule has 2 N–H and O–H groups in total. The van der Waals surface area contributed by atoms with E-state index in [2.05, 4.69) is 19.2 Å². The summed E-state index contributed by atoms with van der Waals surface area (Å²) >= 11 is 0. The van der Waals surface area contributed by atoms with Crippen LogP contribution in [0.1, 0.15) is 80.1 Å². The smallest absolute Gasteiger partial charge is 0.308 e. The zero-order chi connectivity index (χ0) is 31.9. The van der Waals surface area contributed by atoms with E-state index in [1.807, 2.05) is 44.7 Å². The second-order valence-corrected chi connectivity index (χ2v) is 13.0. The van der Waals surface area contributed by atoms with Gasteiger partial charge in [-0.25, -0.2) is 0 Å². The average molecular weight is 597 g/mol. The lowest BCUT2D eigenvalue weighted by molar-refractivity contribution is -0.152. The van der Waals surface area contributed by atoms with Gasteiger partial charge in [-0.2, -0.15) is 0 Å². The molecule has 0 aromatic heterocycles. The predicted molar refractivity (Wildman–Crippen MR) is 161 cm³/mol. The van der Waals surface area contributed by atoms with Crippen molar-refractivity contribution in [2.75, 3.05) is 41.4 Å². The van der Waals surface area contributed by atoms with E-state index >= 15 is 0 Å². The van der Waals surface area contributed by atoms with E-state index in [1.54, 1.807) is 18.9 Å². The van der Waals surface area contributed by atoms with Gasteiger partial charge in [0.05, 0.1) is 42.2 Å². The minimum atomic E-state index is -0.959. The Balaban J connectivity index is 2.29. The summed E-state index contributed by atoms with van der Waals surface area (Å²) in [6, 6.07) is -1.25. The first kappa shape index (κ1) is 36.1. The molecule has 42 heavy (non-hydrogen) atoms. The molecule has 2 aliphatic rings. The number of aliphatic carboxylic acids is 1. The van der Waals surface area contributed by atoms with Gasteiger partial charge in [0.2, 0.25) is 17.7 Å². The molecule has 2 saturated heterocycles. The summed E-state index contributed by atoms with van der Waals surface area (Å²) in [5.41, 5.74) is -0.724. The maximum atomic E-state index is 13.8. The zero-order valence-electron chi connectivity index (χ0n) is 27.5. The fraction of sp³-hybridized carbons (Fsp3) is 0.871. The number of imide groups is 1. The normalized spacial score (nSPS) is 25.7. The Morgan fingerprint density at radius 3 is 2.19 bits per heavy atom. The number of rotatable bonds is 15. The summed E-state index contributed by atoms with van der Waals surface area (Å²) in [7, 11) is 6.85. The van der Waals surface area contributed by atoms with Crippen molar-refractivity contribution in [3.8, 4) is 0 Å². The van der Waals surface area contributed by atoms with Gasteiger partial charge in [0.1, 0.15) is 0 Å². The number of methoxy groups -OCH3 is 2. The Bertz CT molecular complexity index is 946. The second-order valence-electron chi connectivity index (χ2n) is 13.0. The van der Waals surface area contributed by atoms with Crippen molar-refractivity contribution in [2.24, 2.45) is 17.8 Å². The highest BCUT2D eigenvalue weighted by Gasteiger charge is 2.45. The van der Waals surface area contributed by atoms with Crippen LogP contribution in [0.2, 0.25) is 0 Å². The molecule has 0 aromatic rings. The molecule has 8 atom stereocenters. The number of carboxylic acids is 1. The van der Waals surface area contributed by atoms with Gasteiger partial charge in [0.25, 0.3) is 0 Å². The Labute approximate surface area is 252 Å². The molecular weight excluding hydrogens is 540 g/mol. The molecule has 3 amide bonds. The Kier molecular flexibility index (Phi) is 13.4. The van der Waals surface area contributed by atoms with Gasteiger partial charge in [0.15, 0.2) is 0 Å². The van der Waals surface area contributed by atoms with Crippen LogP contribution in [0.3, 0.4) is 0 Å². The molecule has 0 unspecified atom stereocenters. The highest BCUT2D eigenvalue weighted by molar-refractivity contribution is 6.02. The summed E-state index contributed by atoms with van der Waals surface area (Å²) in [4.78, 5) is 58.2. The van der Waals surface area contributed by atoms with Crippen molar-refractivity contribution in [3.05, 3.63) is 0 Å². The van der Waals surface area contributed by atoms with Crippen LogP contribution in [-0.2, 0) is 28.7 Å². The summed E-state index contributed by atoms with van der Waals surface area (Å²) in [5, 5.41) is 12.3. The van der Waals surface area contributed by atoms with E-state index in [4.69, 9.17) is 9.47 Å². The van der Waals surface area contributed by atoms with Crippen molar-refractivity contribution < 1.29 is 33.8 Å². The third-order valence-electron chi connectivity index (χ3n) is 9.97. The third kappa shape index (κ3) is 7.89. The number of nitrogens with zero attached hydrogens (tertiary/aromatic N) is 3. The molecule has 0 bridgehead atoms. The Morgan fingerprint density at radius 1 is 1.07 bits per heavy atom. The summed E-state index contributed by atoms with van der Waals surface area (Å²) in [5.74, 6) is -2.51. The van der Waals surface area contributed by atoms with Gasteiger partial charge in [-0.1, -0.05) is 34.1 Å². The van der Waals surface area contributed by atoms with E-state index in [9.17, 15) is 24.3 Å². The number of hydrogen-bond acceptors (Lipinski definition) is 8. The highest BCUT2D eigenvalue weighted by Crippen LogP contribution is 2.31. The molecule has 2 heterocycles. The maximum absolute atomic E-state index is 13.8. The van der Waals surface area contributed by atoms with Crippen LogP contribution in [0, 0.1) is 17.8 Å². The zero-order valence-corrected chi connectivity index (χ0v) is 27.5. The lowest BCUT2D eigenvalue weighted by Gasteiger charge is -2.43. The second kappa shape index (κ2) is 15.6. The van der Waals surface area contributed by atoms with Crippen LogP contribution in [0.5, 0.6) is 0 Å². The van der Waals surface area contributed by atoms with Crippen molar-refractivity contribution in [3.63, 3.8) is 0 Å². The van der Waals surface area contributed by atoms with Gasteiger partial charge in [-0.3, -0.25) is 34.3 Å². The first-order chi connectivity index (χ1) is 19.7. The van der Waals surface area contributed by atoms with E-state index in [0.717, 1.165) is 25.8 Å². The summed E-state index contributed by atoms with van der Waals surface area (Å²) < 4.78 is 11.6. The summed E-state index contributed by atoms with van der Waals surface area (Å²) in [6.07, 6.45) is 2.78. The molecule has 11 heteroatoms. The van der Waals surface area contributed by atoms with Crippen molar-refractivity contribution in [2.45, 2.75) is 116 Å². The topological polar surface area (TPSA) is 129 Å². The number of nitrogens with one attached hydrogen (secondary N) is 1. The molecule has 0 aromatic carbocycles. The Morgan fingerprint density at radius 2 is 1.71 bits per heavy atom. The maximum Gasteiger partial charge on any atom is 0.308 e. The van der Waals surface area contributed by atoms with E-state index in [0.29, 0.717) is 19.4 Å². The first-order valence-electron chi connectivity index (χ1n) is 15.5. The molecule has 0 aliphatic carbocycles. The van der Waals surface area contributed by atoms with E-state index < -0.39 is 35.7 Å². The molecular formula is C31H56N4O7. The highest BCUT2D eigenvalue weighted by atomic mass is 16.5. The lowest BCUT2D eigenvalue weighted by Crippen LogP contribution is -2.61. The Hall–Kier alpha value is -2.08. The number of hydrogen-bond donors (Lipinski definition) is 2. The fourth-order valence-electron chi connectivity index (χ4n) is 7.03. The van der Waals surface area contributed by atoms with Crippen molar-refractivity contribution in [1.29, 1.82) is 0 Å². The van der Waals surface area contributed by atoms with Gasteiger partial charge in [-0.15, -0.1) is 0 Å². The molecule has 0 radical (unpaired) electrons. The van der Waals surface area contributed by atoms with Crippen LogP contribution in [0.25, 0.3) is 0 Å². The van der Waals surface area contributed by atoms with Crippen LogP contribution in [-0.4, -0.2) is 121 Å². The molecule has 2 aliphatic heterocycles. The van der Waals surface area contributed by atoms with Gasteiger partial charge in [0, 0.05) is 26.8 Å². The monoisotopic (exact) mass is 596 g/mol. The molecule has 242 valence electrons. The number of amides is 3. The van der Waals surface area contributed by atoms with Crippen molar-refractivity contribution in [1.82, 2.24) is 20.0 Å². The molecule has 2 fully saturated rings. The van der Waals surface area contributed by atoms with Gasteiger partial charge in [-0.05, 0) is 72.0 Å². The van der Waals surface area contributed by atoms with E-state index in [1.165, 1.54) is 7.11 Å². The van der Waals surface area contributed by atoms with E-state index in [-0.39, 0.29) is 48.1 Å². The number of carboxylic acid groups (broad SMARTS) is 1. The summed E-state index contributed by atoms with van der Waals surface area (Å²) in [6.45, 7) is 12.9. The number of ether oxygens (including phenoxy) is 2. The minimum Gasteiger partial charge on any atom is -0.481 e. The van der Waals surface area contributed by atoms with Crippen LogP contribution >= 0.6 is 0 Å². The first-order valence-corrected chi connectivity index (χ1v) is 15.5. The largest absolute Gasteiger partial charge is 0.481 e. The number of carbonyl (C=O) groups excluding carboxylic acids is 3. The fourth-order valence-corrected chi connectivity index (χ4v) is 7.03. The van der Waals surface area contributed by atoms with Crippen molar-refractivity contribution >= 4 is 23.7 Å². The van der Waals surface area contributed by atoms with Crippen LogP contribution in [0.4, 0.5) is 0 Å². The number of likely N-dealkylation sites (N-methyl/N-ethyl adjacent to an activating group) is 2. The average Bonchev–Trinajstić information content (AvgIpc) is 3.55. The predicted octanol–water partition coefficient (Wildman–Crippen LogP) is 2.62. The standard InChI is InChI=1S/C31H56N4O7/c1-11-20(4)26(34(8)25(19(2)3)28(37)32-30(40)31(6)15-13-16-33(31)7)23(41-9)18-24(36)35-17-12-14-22(35)27(42-10)21(5)29(38)39/h19-23,25-27H,11-18H2,1-10H3,(H,38,39)(H,32,37,40)/t20-,21+,22-,23+,25-,26-,27+,31+/m0/s1. The SMILES string of the molecule is CC[C@H](C)[C@@H]([C@@H](CC(=O)N1CCC[C@H]1[C@H](OC)[C@@H](C)C(=O)O)OC)N(C)[C@H](C(=O)NC(=O)[C@@]1(C)CCCN1C)C(C)C. The number of carbonyl (C=O) groups is 4. The lowest BCUT2D eigenvalue weighted by atomic mass is 9.87. The minimum absolute atomic E-state index is 0.0733. The number of likely N-dealkylation sites (tertiary alicyclic amines) is 2. The molecule has 0 spiro atoms. The van der Waals surface area contributed by atoms with Crippen LogP contribution < -0.4 is 5.32 Å². The van der Waals surface area contributed by atoms with Gasteiger partial charge >= 0.3 is 5.97 Å². The van der Waals surface area contributed by atoms with Crippen LogP contribution in [0.15, 0.2) is 0 Å². The quantitative estimate of drug-likeness (QED) is 0.293. The molecule has 0 saturated carbocycles. The molecule has 11 nitrogen and oxygen atoms in total.